The second-order valence-electron chi connectivity index (χ2n) is 7.35. The van der Waals surface area contributed by atoms with Gasteiger partial charge in [0.05, 0.1) is 17.5 Å². The molecule has 0 saturated carbocycles. The van der Waals surface area contributed by atoms with Gasteiger partial charge in [0.25, 0.3) is 0 Å². The number of benzene rings is 1. The first-order valence-electron chi connectivity index (χ1n) is 9.93. The molecule has 0 spiro atoms. The predicted octanol–water partition coefficient (Wildman–Crippen LogP) is 3.24. The summed E-state index contributed by atoms with van der Waals surface area (Å²) in [7, 11) is -3.06. The summed E-state index contributed by atoms with van der Waals surface area (Å²) in [6.07, 6.45) is 1.16. The zero-order valence-corrected chi connectivity index (χ0v) is 18.6. The number of carbonyl (C=O) groups is 1. The number of amides is 1. The third kappa shape index (κ3) is 4.22. The number of hydrogen-bond acceptors (Lipinski definition) is 5. The standard InChI is InChI=1S/C20H29N3O3S2/c1-5-8-19(24)21-20-23(17-12-28(25,26)13-18(17)27-20)16-10-9-15(11-14(16)4)22(6-2)7-3/h9-11,17-18H,5-8,12-13H2,1-4H3/t17-,18+/m0/s1. The Labute approximate surface area is 172 Å². The van der Waals surface area contributed by atoms with Crippen LogP contribution in [0.5, 0.6) is 0 Å². The fourth-order valence-electron chi connectivity index (χ4n) is 3.92. The Hall–Kier alpha value is -1.54. The first-order valence-corrected chi connectivity index (χ1v) is 12.6. The van der Waals surface area contributed by atoms with Crippen LogP contribution in [0.25, 0.3) is 0 Å². The molecule has 0 aromatic heterocycles. The molecule has 3 rings (SSSR count). The molecule has 1 aromatic rings. The van der Waals surface area contributed by atoms with Crippen LogP contribution in [0.4, 0.5) is 11.4 Å². The number of anilines is 2. The second-order valence-corrected chi connectivity index (χ2v) is 10.7. The number of aliphatic imine (C=N–C) groups is 1. The number of nitrogens with zero attached hydrogens (tertiary/aromatic N) is 3. The van der Waals surface area contributed by atoms with Gasteiger partial charge in [-0.25, -0.2) is 8.42 Å². The van der Waals surface area contributed by atoms with Gasteiger partial charge >= 0.3 is 0 Å². The Morgan fingerprint density at radius 1 is 1.25 bits per heavy atom. The summed E-state index contributed by atoms with van der Waals surface area (Å²) < 4.78 is 24.4. The lowest BCUT2D eigenvalue weighted by molar-refractivity contribution is -0.117. The lowest BCUT2D eigenvalue weighted by atomic mass is 10.1. The van der Waals surface area contributed by atoms with E-state index in [-0.39, 0.29) is 28.7 Å². The lowest BCUT2D eigenvalue weighted by Crippen LogP contribution is -2.38. The first kappa shape index (κ1) is 21.2. The number of carbonyl (C=O) groups excluding carboxylic acids is 1. The average Bonchev–Trinajstić information content (AvgIpc) is 3.08. The van der Waals surface area contributed by atoms with Gasteiger partial charge in [0.2, 0.25) is 5.91 Å². The summed E-state index contributed by atoms with van der Waals surface area (Å²) >= 11 is 1.43. The molecule has 28 heavy (non-hydrogen) atoms. The number of sulfone groups is 1. The van der Waals surface area contributed by atoms with Crippen molar-refractivity contribution in [2.45, 2.75) is 51.8 Å². The van der Waals surface area contributed by atoms with Crippen LogP contribution in [0, 0.1) is 6.92 Å². The van der Waals surface area contributed by atoms with Crippen LogP contribution in [0.15, 0.2) is 23.2 Å². The van der Waals surface area contributed by atoms with Gasteiger partial charge in [-0.2, -0.15) is 4.99 Å². The van der Waals surface area contributed by atoms with Gasteiger partial charge in [0, 0.05) is 36.1 Å². The van der Waals surface area contributed by atoms with E-state index in [0.29, 0.717) is 11.6 Å². The molecule has 1 amide bonds. The number of thioether (sulfide) groups is 1. The maximum atomic E-state index is 12.2. The number of aryl methyl sites for hydroxylation is 1. The van der Waals surface area contributed by atoms with Crippen molar-refractivity contribution in [3.05, 3.63) is 23.8 Å². The van der Waals surface area contributed by atoms with Crippen molar-refractivity contribution in [3.63, 3.8) is 0 Å². The normalized spacial score (nSPS) is 24.6. The molecular formula is C20H29N3O3S2. The number of hydrogen-bond donors (Lipinski definition) is 0. The number of amidine groups is 1. The highest BCUT2D eigenvalue weighted by atomic mass is 32.2. The van der Waals surface area contributed by atoms with Crippen molar-refractivity contribution in [2.24, 2.45) is 4.99 Å². The lowest BCUT2D eigenvalue weighted by Gasteiger charge is -2.28. The van der Waals surface area contributed by atoms with Gasteiger partial charge in [-0.1, -0.05) is 18.7 Å². The van der Waals surface area contributed by atoms with Crippen LogP contribution >= 0.6 is 11.8 Å². The third-order valence-electron chi connectivity index (χ3n) is 5.32. The van der Waals surface area contributed by atoms with Gasteiger partial charge in [-0.05, 0) is 51.0 Å². The number of rotatable bonds is 6. The van der Waals surface area contributed by atoms with E-state index in [1.165, 1.54) is 11.8 Å². The minimum atomic E-state index is -3.06. The molecule has 2 aliphatic rings. The van der Waals surface area contributed by atoms with Crippen LogP contribution in [-0.2, 0) is 14.6 Å². The number of fused-ring (bicyclic) bond motifs is 1. The molecule has 2 fully saturated rings. The summed E-state index contributed by atoms with van der Waals surface area (Å²) in [6, 6.07) is 6.08. The summed E-state index contributed by atoms with van der Waals surface area (Å²) in [5, 5.41) is 0.571. The molecule has 2 aliphatic heterocycles. The van der Waals surface area contributed by atoms with Gasteiger partial charge in [-0.3, -0.25) is 4.79 Å². The molecule has 0 unspecified atom stereocenters. The van der Waals surface area contributed by atoms with Crippen molar-refractivity contribution in [3.8, 4) is 0 Å². The van der Waals surface area contributed by atoms with Crippen LogP contribution in [0.2, 0.25) is 0 Å². The van der Waals surface area contributed by atoms with Crippen molar-refractivity contribution in [1.82, 2.24) is 0 Å². The maximum Gasteiger partial charge on any atom is 0.248 e. The van der Waals surface area contributed by atoms with Gasteiger partial charge in [0.15, 0.2) is 15.0 Å². The molecule has 0 bridgehead atoms. The Bertz CT molecular complexity index is 879. The topological polar surface area (TPSA) is 70.0 Å². The Morgan fingerprint density at radius 2 is 1.96 bits per heavy atom. The molecule has 1 aromatic carbocycles. The van der Waals surface area contributed by atoms with Crippen molar-refractivity contribution in [1.29, 1.82) is 0 Å². The second kappa shape index (κ2) is 8.45. The zero-order valence-electron chi connectivity index (χ0n) is 17.0. The monoisotopic (exact) mass is 423 g/mol. The summed E-state index contributed by atoms with van der Waals surface area (Å²) in [4.78, 5) is 20.8. The fourth-order valence-corrected chi connectivity index (χ4v) is 7.84. The zero-order chi connectivity index (χ0) is 20.5. The average molecular weight is 424 g/mol. The highest BCUT2D eigenvalue weighted by Crippen LogP contribution is 2.42. The van der Waals surface area contributed by atoms with E-state index in [9.17, 15) is 13.2 Å². The fraction of sp³-hybridized carbons (Fsp3) is 0.600. The molecule has 2 saturated heterocycles. The molecule has 154 valence electrons. The smallest absolute Gasteiger partial charge is 0.248 e. The van der Waals surface area contributed by atoms with Crippen LogP contribution in [0.1, 0.15) is 39.2 Å². The Kier molecular flexibility index (Phi) is 6.39. The predicted molar refractivity (Wildman–Crippen MR) is 118 cm³/mol. The van der Waals surface area contributed by atoms with Gasteiger partial charge in [0.1, 0.15) is 0 Å². The van der Waals surface area contributed by atoms with Crippen molar-refractivity contribution < 1.29 is 13.2 Å². The van der Waals surface area contributed by atoms with E-state index in [1.807, 2.05) is 24.8 Å². The molecule has 2 heterocycles. The summed E-state index contributed by atoms with van der Waals surface area (Å²) in [5.41, 5.74) is 3.15. The quantitative estimate of drug-likeness (QED) is 0.700. The van der Waals surface area contributed by atoms with E-state index in [0.717, 1.165) is 36.4 Å². The van der Waals surface area contributed by atoms with Crippen molar-refractivity contribution >= 4 is 44.0 Å². The van der Waals surface area contributed by atoms with E-state index in [2.05, 4.69) is 35.9 Å². The van der Waals surface area contributed by atoms with Crippen LogP contribution in [0.3, 0.4) is 0 Å². The Morgan fingerprint density at radius 3 is 2.57 bits per heavy atom. The van der Waals surface area contributed by atoms with E-state index < -0.39 is 9.84 Å². The molecule has 0 aliphatic carbocycles. The van der Waals surface area contributed by atoms with E-state index in [4.69, 9.17) is 0 Å². The third-order valence-corrected chi connectivity index (χ3v) is 8.53. The molecule has 0 radical (unpaired) electrons. The molecular weight excluding hydrogens is 394 g/mol. The Balaban J connectivity index is 2.00. The van der Waals surface area contributed by atoms with Gasteiger partial charge < -0.3 is 9.80 Å². The van der Waals surface area contributed by atoms with Crippen LogP contribution in [-0.4, -0.2) is 55.4 Å². The minimum Gasteiger partial charge on any atom is -0.372 e. The SMILES string of the molecule is CCCC(=O)N=C1S[C@@H]2CS(=O)(=O)C[C@@H]2N1c1ccc(N(CC)CC)cc1C. The summed E-state index contributed by atoms with van der Waals surface area (Å²) in [6.45, 7) is 10.1. The minimum absolute atomic E-state index is 0.0694. The highest BCUT2D eigenvalue weighted by Gasteiger charge is 2.49. The molecule has 8 heteroatoms. The van der Waals surface area contributed by atoms with Crippen LogP contribution < -0.4 is 9.80 Å². The van der Waals surface area contributed by atoms with Crippen molar-refractivity contribution in [2.75, 3.05) is 34.4 Å². The highest BCUT2D eigenvalue weighted by molar-refractivity contribution is 8.16. The molecule has 2 atom stereocenters. The van der Waals surface area contributed by atoms with Gasteiger partial charge in [-0.15, -0.1) is 0 Å². The largest absolute Gasteiger partial charge is 0.372 e. The maximum absolute atomic E-state index is 12.2. The van der Waals surface area contributed by atoms with E-state index >= 15 is 0 Å². The first-order chi connectivity index (χ1) is 13.3. The molecule has 6 nitrogen and oxygen atoms in total. The summed E-state index contributed by atoms with van der Waals surface area (Å²) in [5.74, 6) is 0.120. The van der Waals surface area contributed by atoms with E-state index in [1.54, 1.807) is 0 Å². The molecule has 0 N–H and O–H groups in total.